The molecule has 0 aliphatic carbocycles. The molecule has 0 amide bonds. The highest BCUT2D eigenvalue weighted by molar-refractivity contribution is 7.89. The van der Waals surface area contributed by atoms with E-state index in [4.69, 9.17) is 14.0 Å². The monoisotopic (exact) mass is 474 g/mol. The summed E-state index contributed by atoms with van der Waals surface area (Å²) in [6.07, 6.45) is 0.754. The van der Waals surface area contributed by atoms with Crippen LogP contribution in [0.4, 0.5) is 4.39 Å². The van der Waals surface area contributed by atoms with Crippen LogP contribution >= 0.6 is 0 Å². The number of halogens is 1. The lowest BCUT2D eigenvalue weighted by Gasteiger charge is -2.33. The Bertz CT molecular complexity index is 1220. The third-order valence-corrected chi connectivity index (χ3v) is 7.51. The zero-order chi connectivity index (χ0) is 22.8. The molecule has 9 nitrogen and oxygen atoms in total. The van der Waals surface area contributed by atoms with Gasteiger partial charge in [-0.2, -0.15) is 9.29 Å². The van der Waals surface area contributed by atoms with Crippen molar-refractivity contribution in [1.29, 1.82) is 0 Å². The molecular formula is C22H23FN4O5S. The van der Waals surface area contributed by atoms with Gasteiger partial charge in [0.1, 0.15) is 5.82 Å². The molecule has 5 rings (SSSR count). The minimum absolute atomic E-state index is 0.195. The molecule has 0 radical (unpaired) electrons. The molecule has 2 aromatic carbocycles. The number of hydrogen-bond donors (Lipinski definition) is 0. The van der Waals surface area contributed by atoms with E-state index in [9.17, 15) is 12.8 Å². The van der Waals surface area contributed by atoms with Gasteiger partial charge in [-0.25, -0.2) is 12.8 Å². The van der Waals surface area contributed by atoms with Crippen molar-refractivity contribution in [2.75, 3.05) is 39.4 Å². The second kappa shape index (κ2) is 9.08. The Morgan fingerprint density at radius 2 is 1.67 bits per heavy atom. The van der Waals surface area contributed by atoms with Gasteiger partial charge in [0.15, 0.2) is 11.5 Å². The highest BCUT2D eigenvalue weighted by atomic mass is 32.2. The van der Waals surface area contributed by atoms with Gasteiger partial charge in [0.2, 0.25) is 21.7 Å². The van der Waals surface area contributed by atoms with Crippen molar-refractivity contribution in [2.24, 2.45) is 0 Å². The average molecular weight is 475 g/mol. The zero-order valence-corrected chi connectivity index (χ0v) is 18.6. The molecule has 0 atom stereocenters. The molecule has 0 bridgehead atoms. The first kappa shape index (κ1) is 21.8. The van der Waals surface area contributed by atoms with Crippen LogP contribution in [-0.4, -0.2) is 67.2 Å². The van der Waals surface area contributed by atoms with Crippen molar-refractivity contribution < 1.29 is 26.8 Å². The molecule has 3 aromatic rings. The molecule has 11 heteroatoms. The van der Waals surface area contributed by atoms with Crippen LogP contribution in [0.15, 0.2) is 51.9 Å². The molecule has 3 heterocycles. The van der Waals surface area contributed by atoms with Crippen LogP contribution in [0.5, 0.6) is 11.5 Å². The molecule has 0 spiro atoms. The Balaban J connectivity index is 1.21. The molecule has 174 valence electrons. The number of hydrogen-bond acceptors (Lipinski definition) is 8. The minimum atomic E-state index is -3.65. The van der Waals surface area contributed by atoms with E-state index in [1.54, 1.807) is 24.3 Å². The molecule has 0 saturated carbocycles. The number of sulfonamides is 1. The summed E-state index contributed by atoms with van der Waals surface area (Å²) in [5, 5.41) is 3.95. The van der Waals surface area contributed by atoms with Crippen LogP contribution in [-0.2, 0) is 16.6 Å². The largest absolute Gasteiger partial charge is 0.490 e. The topological polar surface area (TPSA) is 98.0 Å². The number of benzene rings is 2. The van der Waals surface area contributed by atoms with Crippen LogP contribution in [0.3, 0.4) is 0 Å². The predicted octanol–water partition coefficient (Wildman–Crippen LogP) is 2.54. The Morgan fingerprint density at radius 1 is 0.939 bits per heavy atom. The quantitative estimate of drug-likeness (QED) is 0.557. The number of nitrogens with zero attached hydrogens (tertiary/aromatic N) is 4. The fraction of sp³-hybridized carbons (Fsp3) is 0.364. The first-order valence-electron chi connectivity index (χ1n) is 10.7. The molecule has 1 saturated heterocycles. The number of rotatable bonds is 5. The Kier molecular flexibility index (Phi) is 6.00. The molecule has 2 aliphatic rings. The van der Waals surface area contributed by atoms with Crippen molar-refractivity contribution in [3.05, 3.63) is 54.2 Å². The van der Waals surface area contributed by atoms with E-state index in [0.29, 0.717) is 74.7 Å². The summed E-state index contributed by atoms with van der Waals surface area (Å²) < 4.78 is 57.4. The number of fused-ring (bicyclic) bond motifs is 1. The zero-order valence-electron chi connectivity index (χ0n) is 17.8. The van der Waals surface area contributed by atoms with Gasteiger partial charge in [0, 0.05) is 44.2 Å². The van der Waals surface area contributed by atoms with Crippen LogP contribution < -0.4 is 9.47 Å². The van der Waals surface area contributed by atoms with Gasteiger partial charge < -0.3 is 14.0 Å². The van der Waals surface area contributed by atoms with E-state index >= 15 is 0 Å². The van der Waals surface area contributed by atoms with E-state index in [-0.39, 0.29) is 10.7 Å². The van der Waals surface area contributed by atoms with Gasteiger partial charge in [0.05, 0.1) is 24.7 Å². The SMILES string of the molecule is O=S(=O)(c1ccc2c(c1)OCCCO2)N1CCN(Cc2nc(-c3ccc(F)cc3)no2)CC1. The third-order valence-electron chi connectivity index (χ3n) is 5.62. The van der Waals surface area contributed by atoms with Gasteiger partial charge in [0.25, 0.3) is 0 Å². The summed E-state index contributed by atoms with van der Waals surface area (Å²) in [7, 11) is -3.65. The van der Waals surface area contributed by atoms with Crippen molar-refractivity contribution in [3.8, 4) is 22.9 Å². The average Bonchev–Trinajstić information content (AvgIpc) is 3.15. The summed E-state index contributed by atoms with van der Waals surface area (Å²) in [4.78, 5) is 6.62. The van der Waals surface area contributed by atoms with Crippen LogP contribution in [0.25, 0.3) is 11.4 Å². The number of ether oxygens (including phenoxy) is 2. The van der Waals surface area contributed by atoms with E-state index in [1.165, 1.54) is 22.5 Å². The maximum Gasteiger partial charge on any atom is 0.243 e. The molecule has 1 fully saturated rings. The molecule has 0 N–H and O–H groups in total. The second-order valence-electron chi connectivity index (χ2n) is 7.86. The fourth-order valence-electron chi connectivity index (χ4n) is 3.81. The highest BCUT2D eigenvalue weighted by Crippen LogP contribution is 2.33. The first-order chi connectivity index (χ1) is 16.0. The third kappa shape index (κ3) is 4.70. The Morgan fingerprint density at radius 3 is 2.42 bits per heavy atom. The molecule has 33 heavy (non-hydrogen) atoms. The summed E-state index contributed by atoms with van der Waals surface area (Å²) in [5.74, 6) is 1.51. The molecule has 0 unspecified atom stereocenters. The Hall–Kier alpha value is -3.02. The van der Waals surface area contributed by atoms with Crippen molar-refractivity contribution in [3.63, 3.8) is 0 Å². The summed E-state index contributed by atoms with van der Waals surface area (Å²) in [5.41, 5.74) is 0.664. The van der Waals surface area contributed by atoms with Gasteiger partial charge in [-0.3, -0.25) is 4.90 Å². The lowest BCUT2D eigenvalue weighted by atomic mass is 10.2. The van der Waals surface area contributed by atoms with Gasteiger partial charge >= 0.3 is 0 Å². The lowest BCUT2D eigenvalue weighted by Crippen LogP contribution is -2.48. The van der Waals surface area contributed by atoms with E-state index < -0.39 is 10.0 Å². The predicted molar refractivity (Wildman–Crippen MR) is 116 cm³/mol. The lowest BCUT2D eigenvalue weighted by molar-refractivity contribution is 0.163. The summed E-state index contributed by atoms with van der Waals surface area (Å²) in [6, 6.07) is 10.6. The van der Waals surface area contributed by atoms with Crippen LogP contribution in [0.1, 0.15) is 12.3 Å². The van der Waals surface area contributed by atoms with Crippen LogP contribution in [0, 0.1) is 5.82 Å². The summed E-state index contributed by atoms with van der Waals surface area (Å²) >= 11 is 0. The minimum Gasteiger partial charge on any atom is -0.490 e. The van der Waals surface area contributed by atoms with Crippen molar-refractivity contribution >= 4 is 10.0 Å². The molecule has 2 aliphatic heterocycles. The summed E-state index contributed by atoms with van der Waals surface area (Å²) in [6.45, 7) is 3.19. The van der Waals surface area contributed by atoms with Crippen molar-refractivity contribution in [1.82, 2.24) is 19.3 Å². The maximum atomic E-state index is 13.2. The van der Waals surface area contributed by atoms with Gasteiger partial charge in [-0.15, -0.1) is 0 Å². The molecule has 1 aromatic heterocycles. The van der Waals surface area contributed by atoms with Gasteiger partial charge in [-0.1, -0.05) is 5.16 Å². The van der Waals surface area contributed by atoms with Crippen molar-refractivity contribution in [2.45, 2.75) is 17.9 Å². The highest BCUT2D eigenvalue weighted by Gasteiger charge is 2.30. The smallest absolute Gasteiger partial charge is 0.243 e. The van der Waals surface area contributed by atoms with E-state index in [2.05, 4.69) is 15.0 Å². The van der Waals surface area contributed by atoms with Crippen LogP contribution in [0.2, 0.25) is 0 Å². The molecular weight excluding hydrogens is 451 g/mol. The first-order valence-corrected chi connectivity index (χ1v) is 12.1. The van der Waals surface area contributed by atoms with Gasteiger partial charge in [-0.05, 0) is 36.4 Å². The Labute approximate surface area is 190 Å². The maximum absolute atomic E-state index is 13.2. The fourth-order valence-corrected chi connectivity index (χ4v) is 5.25. The van der Waals surface area contributed by atoms with E-state index in [0.717, 1.165) is 6.42 Å². The standard InChI is InChI=1S/C22H23FN4O5S/c23-17-4-2-16(3-5-17)22-24-21(32-25-22)15-26-8-10-27(11-9-26)33(28,29)18-6-7-19-20(14-18)31-13-1-12-30-19/h2-7,14H,1,8-13,15H2. The van der Waals surface area contributed by atoms with E-state index in [1.807, 2.05) is 0 Å². The number of aromatic nitrogens is 2. The normalized spacial score (nSPS) is 17.6. The number of piperazine rings is 1. The second-order valence-corrected chi connectivity index (χ2v) is 9.80.